The van der Waals surface area contributed by atoms with Crippen LogP contribution in [0.1, 0.15) is 38.7 Å². The lowest BCUT2D eigenvalue weighted by Gasteiger charge is -2.40. The molecule has 0 saturated carbocycles. The van der Waals surface area contributed by atoms with Gasteiger partial charge in [-0.15, -0.1) is 4.40 Å². The normalized spacial score (nSPS) is 28.9. The van der Waals surface area contributed by atoms with E-state index in [1.807, 2.05) is 12.1 Å². The van der Waals surface area contributed by atoms with Crippen molar-refractivity contribution in [2.24, 2.45) is 4.40 Å². The molecule has 5 heteroatoms. The van der Waals surface area contributed by atoms with Crippen molar-refractivity contribution >= 4 is 15.9 Å². The van der Waals surface area contributed by atoms with Crippen LogP contribution in [0, 0.1) is 0 Å². The highest BCUT2D eigenvalue weighted by Gasteiger charge is 2.36. The minimum absolute atomic E-state index is 0.337. The van der Waals surface area contributed by atoms with E-state index in [1.165, 1.54) is 6.42 Å². The highest BCUT2D eigenvalue weighted by molar-refractivity contribution is 7.90. The molecule has 102 valence electrons. The summed E-state index contributed by atoms with van der Waals surface area (Å²) in [5, 5.41) is 0. The van der Waals surface area contributed by atoms with Gasteiger partial charge in [-0.3, -0.25) is 0 Å². The van der Waals surface area contributed by atoms with Gasteiger partial charge in [0.05, 0.1) is 0 Å². The molecule has 0 spiro atoms. The smallest absolute Gasteiger partial charge is 0.285 e. The molecule has 19 heavy (non-hydrogen) atoms. The van der Waals surface area contributed by atoms with Crippen LogP contribution in [0.5, 0.6) is 0 Å². The Morgan fingerprint density at radius 3 is 2.47 bits per heavy atom. The lowest BCUT2D eigenvalue weighted by molar-refractivity contribution is 0.192. The number of amidine groups is 1. The van der Waals surface area contributed by atoms with Gasteiger partial charge in [-0.05, 0) is 45.2 Å². The molecule has 2 atom stereocenters. The van der Waals surface area contributed by atoms with E-state index >= 15 is 0 Å². The van der Waals surface area contributed by atoms with Gasteiger partial charge in [0.2, 0.25) is 0 Å². The van der Waals surface area contributed by atoms with E-state index in [0.717, 1.165) is 18.4 Å². The molecule has 0 aliphatic carbocycles. The molecule has 0 aromatic heterocycles. The Kier molecular flexibility index (Phi) is 2.89. The summed E-state index contributed by atoms with van der Waals surface area (Å²) in [7, 11) is -3.50. The number of piperidine rings is 1. The second-order valence-corrected chi connectivity index (χ2v) is 6.99. The number of likely N-dealkylation sites (tertiary alicyclic amines) is 1. The molecule has 2 aliphatic heterocycles. The summed E-state index contributed by atoms with van der Waals surface area (Å²) in [6, 6.07) is 7.78. The zero-order chi connectivity index (χ0) is 13.6. The van der Waals surface area contributed by atoms with Gasteiger partial charge >= 0.3 is 0 Å². The zero-order valence-corrected chi connectivity index (χ0v) is 12.0. The Labute approximate surface area is 114 Å². The minimum atomic E-state index is -3.50. The van der Waals surface area contributed by atoms with E-state index < -0.39 is 10.0 Å². The third kappa shape index (κ3) is 1.96. The lowest BCUT2D eigenvalue weighted by atomic mass is 9.96. The molecule has 1 aromatic rings. The number of fused-ring (bicyclic) bond motifs is 1. The Bertz CT molecular complexity index is 627. The first-order chi connectivity index (χ1) is 9.00. The summed E-state index contributed by atoms with van der Waals surface area (Å²) in [5.41, 5.74) is 0.753. The van der Waals surface area contributed by atoms with Gasteiger partial charge < -0.3 is 4.90 Å². The predicted molar refractivity (Wildman–Crippen MR) is 74.8 cm³/mol. The number of hydrogen-bond acceptors (Lipinski definition) is 3. The summed E-state index contributed by atoms with van der Waals surface area (Å²) < 4.78 is 28.2. The molecule has 0 radical (unpaired) electrons. The van der Waals surface area contributed by atoms with Gasteiger partial charge in [0, 0.05) is 17.6 Å². The van der Waals surface area contributed by atoms with Crippen LogP contribution < -0.4 is 0 Å². The van der Waals surface area contributed by atoms with E-state index in [0.29, 0.717) is 22.8 Å². The van der Waals surface area contributed by atoms with Crippen LogP contribution in [0.4, 0.5) is 0 Å². The van der Waals surface area contributed by atoms with Crippen molar-refractivity contribution < 1.29 is 8.42 Å². The Hall–Kier alpha value is -1.36. The highest BCUT2D eigenvalue weighted by Crippen LogP contribution is 2.32. The van der Waals surface area contributed by atoms with Crippen LogP contribution in [-0.2, 0) is 10.0 Å². The fourth-order valence-electron chi connectivity index (χ4n) is 3.11. The third-order valence-electron chi connectivity index (χ3n) is 4.05. The standard InChI is InChI=1S/C14H18N2O2S/c1-10-6-5-7-11(2)16(10)14-12-8-3-4-9-13(12)19(17,18)15-14/h3-4,8-11H,5-7H2,1-2H3. The molecule has 1 fully saturated rings. The van der Waals surface area contributed by atoms with Crippen molar-refractivity contribution in [2.75, 3.05) is 0 Å². The molecular weight excluding hydrogens is 260 g/mol. The number of benzene rings is 1. The van der Waals surface area contributed by atoms with E-state index in [4.69, 9.17) is 0 Å². The fraction of sp³-hybridized carbons (Fsp3) is 0.500. The van der Waals surface area contributed by atoms with Crippen LogP contribution in [0.15, 0.2) is 33.6 Å². The first-order valence-electron chi connectivity index (χ1n) is 6.73. The molecule has 2 heterocycles. The van der Waals surface area contributed by atoms with Crippen molar-refractivity contribution in [1.29, 1.82) is 0 Å². The second-order valence-electron chi connectivity index (χ2n) is 5.42. The Morgan fingerprint density at radius 1 is 1.16 bits per heavy atom. The third-order valence-corrected chi connectivity index (χ3v) is 5.38. The summed E-state index contributed by atoms with van der Waals surface area (Å²) >= 11 is 0. The average molecular weight is 278 g/mol. The van der Waals surface area contributed by atoms with Gasteiger partial charge in [0.15, 0.2) is 5.84 Å². The Balaban J connectivity index is 2.11. The number of sulfonamides is 1. The first-order valence-corrected chi connectivity index (χ1v) is 8.17. The molecule has 2 aliphatic rings. The summed E-state index contributed by atoms with van der Waals surface area (Å²) in [6.07, 6.45) is 3.37. The molecule has 4 nitrogen and oxygen atoms in total. The van der Waals surface area contributed by atoms with Crippen molar-refractivity contribution in [1.82, 2.24) is 4.90 Å². The largest absolute Gasteiger partial charge is 0.350 e. The van der Waals surface area contributed by atoms with Crippen LogP contribution in [0.2, 0.25) is 0 Å². The molecular formula is C14H18N2O2S. The van der Waals surface area contributed by atoms with E-state index in [2.05, 4.69) is 23.1 Å². The maximum Gasteiger partial charge on any atom is 0.285 e. The maximum atomic E-state index is 12.1. The molecule has 2 unspecified atom stereocenters. The van der Waals surface area contributed by atoms with Gasteiger partial charge in [-0.1, -0.05) is 12.1 Å². The lowest BCUT2D eigenvalue weighted by Crippen LogP contribution is -2.47. The molecule has 3 rings (SSSR count). The monoisotopic (exact) mass is 278 g/mol. The number of hydrogen-bond donors (Lipinski definition) is 0. The van der Waals surface area contributed by atoms with Gasteiger partial charge in [0.1, 0.15) is 4.90 Å². The van der Waals surface area contributed by atoms with E-state index in [-0.39, 0.29) is 0 Å². The number of rotatable bonds is 0. The van der Waals surface area contributed by atoms with Crippen molar-refractivity contribution in [3.05, 3.63) is 29.8 Å². The van der Waals surface area contributed by atoms with Crippen LogP contribution in [-0.4, -0.2) is 31.2 Å². The van der Waals surface area contributed by atoms with Crippen molar-refractivity contribution in [2.45, 2.75) is 50.1 Å². The van der Waals surface area contributed by atoms with Gasteiger partial charge in [-0.2, -0.15) is 8.42 Å². The Morgan fingerprint density at radius 2 is 1.79 bits per heavy atom. The zero-order valence-electron chi connectivity index (χ0n) is 11.2. The summed E-state index contributed by atoms with van der Waals surface area (Å²) in [4.78, 5) is 2.52. The first kappa shape index (κ1) is 12.7. The summed E-state index contributed by atoms with van der Waals surface area (Å²) in [5.74, 6) is 0.635. The summed E-state index contributed by atoms with van der Waals surface area (Å²) in [6.45, 7) is 4.29. The van der Waals surface area contributed by atoms with Crippen molar-refractivity contribution in [3.63, 3.8) is 0 Å². The van der Waals surface area contributed by atoms with E-state index in [1.54, 1.807) is 12.1 Å². The molecule has 0 bridgehead atoms. The molecule has 0 amide bonds. The number of nitrogens with zero attached hydrogens (tertiary/aromatic N) is 2. The van der Waals surface area contributed by atoms with Crippen LogP contribution >= 0.6 is 0 Å². The van der Waals surface area contributed by atoms with Crippen molar-refractivity contribution in [3.8, 4) is 0 Å². The quantitative estimate of drug-likeness (QED) is 0.732. The SMILES string of the molecule is CC1CCCC(C)N1C1=NS(=O)(=O)c2ccccc21. The highest BCUT2D eigenvalue weighted by atomic mass is 32.2. The topological polar surface area (TPSA) is 49.7 Å². The van der Waals surface area contributed by atoms with Gasteiger partial charge in [-0.25, -0.2) is 0 Å². The minimum Gasteiger partial charge on any atom is -0.350 e. The predicted octanol–water partition coefficient (Wildman–Crippen LogP) is 2.40. The second kappa shape index (κ2) is 4.34. The van der Waals surface area contributed by atoms with E-state index in [9.17, 15) is 8.42 Å². The molecule has 1 saturated heterocycles. The molecule has 0 N–H and O–H groups in total. The van der Waals surface area contributed by atoms with Gasteiger partial charge in [0.25, 0.3) is 10.0 Å². The average Bonchev–Trinajstić information content (AvgIpc) is 2.62. The van der Waals surface area contributed by atoms with Crippen LogP contribution in [0.25, 0.3) is 0 Å². The maximum absolute atomic E-state index is 12.1. The van der Waals surface area contributed by atoms with Crippen LogP contribution in [0.3, 0.4) is 0 Å². The fourth-order valence-corrected chi connectivity index (χ4v) is 4.32. The molecule has 1 aromatic carbocycles.